The van der Waals surface area contributed by atoms with E-state index in [1.807, 2.05) is 31.4 Å². The van der Waals surface area contributed by atoms with Gasteiger partial charge in [-0.1, -0.05) is 19.9 Å². The third-order valence-corrected chi connectivity index (χ3v) is 4.16. The second-order valence-electron chi connectivity index (χ2n) is 3.77. The maximum atomic E-state index is 11.5. The van der Waals surface area contributed by atoms with Crippen LogP contribution in [0.5, 0.6) is 0 Å². The minimum absolute atomic E-state index is 0.145. The summed E-state index contributed by atoms with van der Waals surface area (Å²) in [6.45, 7) is 3.89. The fourth-order valence-electron chi connectivity index (χ4n) is 1.31. The van der Waals surface area contributed by atoms with Gasteiger partial charge in [0.15, 0.2) is 5.75 Å². The van der Waals surface area contributed by atoms with Gasteiger partial charge in [0.05, 0.1) is 12.1 Å². The van der Waals surface area contributed by atoms with Gasteiger partial charge < -0.3 is 0 Å². The molecule has 1 atom stereocenters. The molecule has 1 N–H and O–H groups in total. The largest absolute Gasteiger partial charge is 0.225 e. The number of thiophene rings is 1. The van der Waals surface area contributed by atoms with Gasteiger partial charge in [-0.25, -0.2) is 13.1 Å². The summed E-state index contributed by atoms with van der Waals surface area (Å²) in [7, 11) is -3.51. The Bertz CT molecular complexity index is 458. The zero-order valence-electron chi connectivity index (χ0n) is 9.17. The maximum absolute atomic E-state index is 11.5. The maximum Gasteiger partial charge on any atom is 0.225 e. The molecule has 0 radical (unpaired) electrons. The van der Waals surface area contributed by atoms with E-state index >= 15 is 0 Å². The molecule has 1 rings (SSSR count). The topological polar surface area (TPSA) is 70.0 Å². The molecule has 88 valence electrons. The Morgan fingerprint density at radius 3 is 2.69 bits per heavy atom. The predicted molar refractivity (Wildman–Crippen MR) is 64.4 cm³/mol. The molecule has 0 saturated carbocycles. The van der Waals surface area contributed by atoms with Crippen molar-refractivity contribution in [2.45, 2.75) is 19.9 Å². The molecule has 0 fully saturated rings. The first-order valence-corrected chi connectivity index (χ1v) is 7.40. The quantitative estimate of drug-likeness (QED) is 0.876. The molecule has 6 heteroatoms. The van der Waals surface area contributed by atoms with E-state index in [4.69, 9.17) is 5.26 Å². The van der Waals surface area contributed by atoms with Gasteiger partial charge in [-0.3, -0.25) is 0 Å². The number of nitrogens with zero attached hydrogens (tertiary/aromatic N) is 1. The van der Waals surface area contributed by atoms with Crippen molar-refractivity contribution in [2.75, 3.05) is 5.75 Å². The van der Waals surface area contributed by atoms with Gasteiger partial charge in [0.1, 0.15) is 0 Å². The van der Waals surface area contributed by atoms with Crippen LogP contribution in [0.2, 0.25) is 0 Å². The first kappa shape index (κ1) is 13.2. The molecule has 1 aromatic rings. The average Bonchev–Trinajstić information content (AvgIpc) is 2.66. The summed E-state index contributed by atoms with van der Waals surface area (Å²) < 4.78 is 25.6. The highest BCUT2D eigenvalue weighted by atomic mass is 32.2. The van der Waals surface area contributed by atoms with Crippen LogP contribution in [0.1, 0.15) is 24.8 Å². The Hall–Kier alpha value is -0.900. The van der Waals surface area contributed by atoms with Gasteiger partial charge in [-0.15, -0.1) is 11.3 Å². The minimum atomic E-state index is -3.51. The summed E-state index contributed by atoms with van der Waals surface area (Å²) in [6, 6.07) is 5.17. The van der Waals surface area contributed by atoms with Gasteiger partial charge >= 0.3 is 0 Å². The third-order valence-electron chi connectivity index (χ3n) is 2.08. The SMILES string of the molecule is CC(C)C(NS(=O)(=O)CC#N)c1cccs1. The van der Waals surface area contributed by atoms with Gasteiger partial charge in [0, 0.05) is 4.88 Å². The highest BCUT2D eigenvalue weighted by Crippen LogP contribution is 2.26. The van der Waals surface area contributed by atoms with Gasteiger partial charge in [-0.2, -0.15) is 5.26 Å². The van der Waals surface area contributed by atoms with Gasteiger partial charge in [-0.05, 0) is 17.4 Å². The molecule has 0 aliphatic rings. The lowest BCUT2D eigenvalue weighted by atomic mass is 10.0. The lowest BCUT2D eigenvalue weighted by Crippen LogP contribution is -2.32. The molecular weight excluding hydrogens is 244 g/mol. The van der Waals surface area contributed by atoms with Gasteiger partial charge in [0.25, 0.3) is 0 Å². The van der Waals surface area contributed by atoms with Crippen molar-refractivity contribution < 1.29 is 8.42 Å². The van der Waals surface area contributed by atoms with E-state index in [9.17, 15) is 8.42 Å². The molecule has 0 amide bonds. The molecule has 16 heavy (non-hydrogen) atoms. The van der Waals surface area contributed by atoms with Crippen LogP contribution in [0.3, 0.4) is 0 Å². The zero-order valence-corrected chi connectivity index (χ0v) is 10.8. The van der Waals surface area contributed by atoms with Crippen LogP contribution in [0.4, 0.5) is 0 Å². The van der Waals surface area contributed by atoms with Crippen molar-refractivity contribution in [1.82, 2.24) is 4.72 Å². The van der Waals surface area contributed by atoms with Crippen molar-refractivity contribution in [1.29, 1.82) is 5.26 Å². The van der Waals surface area contributed by atoms with E-state index in [1.54, 1.807) is 6.07 Å². The van der Waals surface area contributed by atoms with Crippen molar-refractivity contribution in [3.63, 3.8) is 0 Å². The molecular formula is C10H14N2O2S2. The Balaban J connectivity index is 2.87. The number of rotatable bonds is 5. The smallest absolute Gasteiger partial charge is 0.211 e. The summed E-state index contributed by atoms with van der Waals surface area (Å²) >= 11 is 1.51. The summed E-state index contributed by atoms with van der Waals surface area (Å²) in [5, 5.41) is 10.3. The number of hydrogen-bond acceptors (Lipinski definition) is 4. The molecule has 1 heterocycles. The monoisotopic (exact) mass is 258 g/mol. The second-order valence-corrected chi connectivity index (χ2v) is 6.51. The molecule has 0 aliphatic carbocycles. The van der Waals surface area contributed by atoms with Gasteiger partial charge in [0.2, 0.25) is 10.0 Å². The van der Waals surface area contributed by atoms with Crippen molar-refractivity contribution in [2.24, 2.45) is 5.92 Å². The molecule has 0 aliphatic heterocycles. The fraction of sp³-hybridized carbons (Fsp3) is 0.500. The first-order chi connectivity index (χ1) is 7.46. The summed E-state index contributed by atoms with van der Waals surface area (Å²) in [6.07, 6.45) is 0. The molecule has 4 nitrogen and oxygen atoms in total. The average molecular weight is 258 g/mol. The number of nitrogens with one attached hydrogen (secondary N) is 1. The van der Waals surface area contributed by atoms with Crippen LogP contribution in [0, 0.1) is 17.2 Å². The Labute approximate surface area is 100.0 Å². The highest BCUT2D eigenvalue weighted by molar-refractivity contribution is 7.89. The number of hydrogen-bond donors (Lipinski definition) is 1. The minimum Gasteiger partial charge on any atom is -0.211 e. The number of nitriles is 1. The van der Waals surface area contributed by atoms with E-state index in [0.29, 0.717) is 0 Å². The first-order valence-electron chi connectivity index (χ1n) is 4.86. The highest BCUT2D eigenvalue weighted by Gasteiger charge is 2.22. The zero-order chi connectivity index (χ0) is 12.2. The van der Waals surface area contributed by atoms with Crippen molar-refractivity contribution >= 4 is 21.4 Å². The molecule has 0 saturated heterocycles. The van der Waals surface area contributed by atoms with E-state index < -0.39 is 15.8 Å². The third kappa shape index (κ3) is 3.59. The number of sulfonamides is 1. The standard InChI is InChI=1S/C10H14N2O2S2/c1-8(2)10(9-4-3-6-15-9)12-16(13,14)7-5-11/h3-4,6,8,10,12H,7H2,1-2H3. The van der Waals surface area contributed by atoms with Crippen LogP contribution >= 0.6 is 11.3 Å². The van der Waals surface area contributed by atoms with Crippen LogP contribution in [-0.2, 0) is 10.0 Å². The van der Waals surface area contributed by atoms with E-state index in [-0.39, 0.29) is 12.0 Å². The van der Waals surface area contributed by atoms with E-state index in [1.165, 1.54) is 11.3 Å². The molecule has 0 spiro atoms. The lowest BCUT2D eigenvalue weighted by Gasteiger charge is -2.20. The molecule has 1 unspecified atom stereocenters. The van der Waals surface area contributed by atoms with Crippen LogP contribution < -0.4 is 4.72 Å². The normalized spacial score (nSPS) is 13.6. The van der Waals surface area contributed by atoms with E-state index in [0.717, 1.165) is 4.88 Å². The van der Waals surface area contributed by atoms with Crippen molar-refractivity contribution in [3.8, 4) is 6.07 Å². The van der Waals surface area contributed by atoms with Crippen LogP contribution in [0.15, 0.2) is 17.5 Å². The summed E-state index contributed by atoms with van der Waals surface area (Å²) in [5.74, 6) is -0.353. The molecule has 0 bridgehead atoms. The molecule has 0 aromatic carbocycles. The molecule has 1 aromatic heterocycles. The lowest BCUT2D eigenvalue weighted by molar-refractivity contribution is 0.470. The fourth-order valence-corrected chi connectivity index (χ4v) is 3.37. The summed E-state index contributed by atoms with van der Waals surface area (Å²) in [4.78, 5) is 0.969. The van der Waals surface area contributed by atoms with Crippen LogP contribution in [-0.4, -0.2) is 14.2 Å². The van der Waals surface area contributed by atoms with Crippen molar-refractivity contribution in [3.05, 3.63) is 22.4 Å². The Kier molecular flexibility index (Phi) is 4.47. The van der Waals surface area contributed by atoms with E-state index in [2.05, 4.69) is 4.72 Å². The Morgan fingerprint density at radius 2 is 2.25 bits per heavy atom. The predicted octanol–water partition coefficient (Wildman–Crippen LogP) is 1.89. The van der Waals surface area contributed by atoms with Crippen LogP contribution in [0.25, 0.3) is 0 Å². The summed E-state index contributed by atoms with van der Waals surface area (Å²) in [5.41, 5.74) is 0. The second kappa shape index (κ2) is 5.43. The Morgan fingerprint density at radius 1 is 1.56 bits per heavy atom.